The van der Waals surface area contributed by atoms with Crippen molar-refractivity contribution >= 4 is 78.9 Å². The van der Waals surface area contributed by atoms with Crippen molar-refractivity contribution < 1.29 is 0 Å². The van der Waals surface area contributed by atoms with Gasteiger partial charge in [-0.3, -0.25) is 0 Å². The van der Waals surface area contributed by atoms with Gasteiger partial charge in [-0.15, -0.1) is 0 Å². The first-order valence-corrected chi connectivity index (χ1v) is 8.14. The first kappa shape index (κ1) is 14.6. The van der Waals surface area contributed by atoms with Crippen LogP contribution in [0.1, 0.15) is 5.56 Å². The maximum absolute atomic E-state index is 6.28. The standard InChI is InChI=1S/C13H8BrClN4S2/c14-6-1-2-7(13(16)20)10(5-6)17-11-8(15)3-4-9-12(11)19-21-18-9/h1-5,17H,(H2,16,20). The highest BCUT2D eigenvalue weighted by molar-refractivity contribution is 9.10. The van der Waals surface area contributed by atoms with Gasteiger partial charge in [0.05, 0.1) is 22.4 Å². The van der Waals surface area contributed by atoms with E-state index in [9.17, 15) is 0 Å². The molecule has 0 unspecified atom stereocenters. The summed E-state index contributed by atoms with van der Waals surface area (Å²) in [6, 6.07) is 9.24. The van der Waals surface area contributed by atoms with Crippen LogP contribution in [-0.4, -0.2) is 13.7 Å². The summed E-state index contributed by atoms with van der Waals surface area (Å²) in [5, 5.41) is 3.83. The van der Waals surface area contributed by atoms with Gasteiger partial charge in [0, 0.05) is 15.7 Å². The normalized spacial score (nSPS) is 10.8. The number of anilines is 2. The van der Waals surface area contributed by atoms with Crippen molar-refractivity contribution in [1.82, 2.24) is 8.75 Å². The predicted molar refractivity (Wildman–Crippen MR) is 95.7 cm³/mol. The lowest BCUT2D eigenvalue weighted by Crippen LogP contribution is -2.12. The van der Waals surface area contributed by atoms with Crippen LogP contribution in [0.4, 0.5) is 11.4 Å². The van der Waals surface area contributed by atoms with Gasteiger partial charge in [0.1, 0.15) is 16.0 Å². The summed E-state index contributed by atoms with van der Waals surface area (Å²) in [5.74, 6) is 0. The largest absolute Gasteiger partial charge is 0.389 e. The van der Waals surface area contributed by atoms with Gasteiger partial charge in [0.2, 0.25) is 0 Å². The quantitative estimate of drug-likeness (QED) is 0.636. The van der Waals surface area contributed by atoms with Crippen LogP contribution in [-0.2, 0) is 0 Å². The number of rotatable bonds is 3. The fraction of sp³-hybridized carbons (Fsp3) is 0. The third-order valence-electron chi connectivity index (χ3n) is 2.88. The molecule has 0 saturated carbocycles. The Morgan fingerprint density at radius 3 is 2.86 bits per heavy atom. The highest BCUT2D eigenvalue weighted by atomic mass is 79.9. The molecule has 3 aromatic rings. The average molecular weight is 400 g/mol. The molecule has 0 saturated heterocycles. The molecule has 4 nitrogen and oxygen atoms in total. The number of hydrogen-bond donors (Lipinski definition) is 2. The zero-order valence-corrected chi connectivity index (χ0v) is 14.4. The van der Waals surface area contributed by atoms with E-state index < -0.39 is 0 Å². The van der Waals surface area contributed by atoms with Crippen LogP contribution >= 0.6 is 51.5 Å². The van der Waals surface area contributed by atoms with Gasteiger partial charge < -0.3 is 11.1 Å². The van der Waals surface area contributed by atoms with Crippen LogP contribution in [0.3, 0.4) is 0 Å². The Morgan fingerprint density at radius 1 is 1.29 bits per heavy atom. The average Bonchev–Trinajstić information content (AvgIpc) is 2.90. The zero-order chi connectivity index (χ0) is 15.0. The molecule has 0 radical (unpaired) electrons. The molecule has 2 aromatic carbocycles. The molecular weight excluding hydrogens is 392 g/mol. The number of aromatic nitrogens is 2. The number of nitrogens with one attached hydrogen (secondary N) is 1. The Morgan fingerprint density at radius 2 is 2.10 bits per heavy atom. The molecule has 0 aliphatic rings. The number of benzene rings is 2. The molecule has 0 atom stereocenters. The maximum Gasteiger partial charge on any atom is 0.129 e. The topological polar surface area (TPSA) is 63.8 Å². The van der Waals surface area contributed by atoms with E-state index in [0.717, 1.165) is 38.5 Å². The second-order valence-corrected chi connectivity index (χ2v) is 6.52. The minimum Gasteiger partial charge on any atom is -0.389 e. The monoisotopic (exact) mass is 398 g/mol. The Hall–Kier alpha value is -1.28. The third kappa shape index (κ3) is 2.87. The van der Waals surface area contributed by atoms with E-state index in [1.807, 2.05) is 24.3 Å². The lowest BCUT2D eigenvalue weighted by Gasteiger charge is -2.13. The first-order valence-electron chi connectivity index (χ1n) is 5.83. The predicted octanol–water partition coefficient (Wildman–Crippen LogP) is 4.49. The molecule has 0 amide bonds. The Labute approximate surface area is 143 Å². The molecule has 106 valence electrons. The minimum absolute atomic E-state index is 0.310. The van der Waals surface area contributed by atoms with Crippen LogP contribution in [0, 0.1) is 0 Å². The van der Waals surface area contributed by atoms with Gasteiger partial charge in [0.15, 0.2) is 0 Å². The van der Waals surface area contributed by atoms with Gasteiger partial charge in [-0.25, -0.2) is 0 Å². The van der Waals surface area contributed by atoms with Crippen LogP contribution in [0.2, 0.25) is 5.02 Å². The number of nitrogens with two attached hydrogens (primary N) is 1. The van der Waals surface area contributed by atoms with E-state index >= 15 is 0 Å². The Balaban J connectivity index is 2.14. The zero-order valence-electron chi connectivity index (χ0n) is 10.4. The van der Waals surface area contributed by atoms with Gasteiger partial charge in [0.25, 0.3) is 0 Å². The number of halogens is 2. The Bertz CT molecular complexity index is 849. The minimum atomic E-state index is 0.310. The van der Waals surface area contributed by atoms with Gasteiger partial charge in [-0.1, -0.05) is 39.7 Å². The third-order valence-corrected chi connectivity index (χ3v) is 4.45. The van der Waals surface area contributed by atoms with Crippen molar-refractivity contribution in [3.05, 3.63) is 45.4 Å². The summed E-state index contributed by atoms with van der Waals surface area (Å²) < 4.78 is 9.40. The van der Waals surface area contributed by atoms with E-state index in [1.54, 1.807) is 6.07 Å². The van der Waals surface area contributed by atoms with Crippen molar-refractivity contribution in [2.75, 3.05) is 5.32 Å². The molecule has 21 heavy (non-hydrogen) atoms. The van der Waals surface area contributed by atoms with Gasteiger partial charge in [-0.2, -0.15) is 8.75 Å². The van der Waals surface area contributed by atoms with Crippen molar-refractivity contribution in [1.29, 1.82) is 0 Å². The molecule has 0 aliphatic heterocycles. The molecular formula is C13H8BrClN4S2. The van der Waals surface area contributed by atoms with Crippen LogP contribution < -0.4 is 11.1 Å². The molecule has 1 aromatic heterocycles. The number of hydrogen-bond acceptors (Lipinski definition) is 5. The molecule has 0 spiro atoms. The highest BCUT2D eigenvalue weighted by Gasteiger charge is 2.13. The first-order chi connectivity index (χ1) is 10.1. The number of fused-ring (bicyclic) bond motifs is 1. The van der Waals surface area contributed by atoms with Crippen molar-refractivity contribution in [3.8, 4) is 0 Å². The Kier molecular flexibility index (Phi) is 4.08. The molecule has 3 rings (SSSR count). The molecule has 0 fully saturated rings. The van der Waals surface area contributed by atoms with E-state index in [4.69, 9.17) is 29.6 Å². The molecule has 8 heteroatoms. The van der Waals surface area contributed by atoms with E-state index in [-0.39, 0.29) is 0 Å². The summed E-state index contributed by atoms with van der Waals surface area (Å²) >= 11 is 15.9. The van der Waals surface area contributed by atoms with E-state index in [2.05, 4.69) is 30.0 Å². The fourth-order valence-electron chi connectivity index (χ4n) is 1.92. The van der Waals surface area contributed by atoms with Crippen molar-refractivity contribution in [2.45, 2.75) is 0 Å². The second kappa shape index (κ2) is 5.84. The van der Waals surface area contributed by atoms with Crippen LogP contribution in [0.15, 0.2) is 34.8 Å². The number of thiocarbonyl (C=S) groups is 1. The summed E-state index contributed by atoms with van der Waals surface area (Å²) in [4.78, 5) is 0.310. The lowest BCUT2D eigenvalue weighted by molar-refractivity contribution is 1.51. The van der Waals surface area contributed by atoms with Gasteiger partial charge in [-0.05, 0) is 30.3 Å². The SMILES string of the molecule is NC(=S)c1ccc(Br)cc1Nc1c(Cl)ccc2nsnc12. The second-order valence-electron chi connectivity index (χ2n) is 4.23. The van der Waals surface area contributed by atoms with Crippen molar-refractivity contribution in [2.24, 2.45) is 5.73 Å². The highest BCUT2D eigenvalue weighted by Crippen LogP contribution is 2.34. The summed E-state index contributed by atoms with van der Waals surface area (Å²) in [6.45, 7) is 0. The molecule has 0 aliphatic carbocycles. The van der Waals surface area contributed by atoms with Crippen LogP contribution in [0.25, 0.3) is 11.0 Å². The van der Waals surface area contributed by atoms with Crippen molar-refractivity contribution in [3.63, 3.8) is 0 Å². The van der Waals surface area contributed by atoms with E-state index in [1.165, 1.54) is 0 Å². The lowest BCUT2D eigenvalue weighted by atomic mass is 10.1. The van der Waals surface area contributed by atoms with E-state index in [0.29, 0.717) is 15.7 Å². The smallest absolute Gasteiger partial charge is 0.129 e. The van der Waals surface area contributed by atoms with Gasteiger partial charge >= 0.3 is 0 Å². The molecule has 0 bridgehead atoms. The maximum atomic E-state index is 6.28. The summed E-state index contributed by atoms with van der Waals surface area (Å²) in [7, 11) is 0. The fourth-order valence-corrected chi connectivity index (χ4v) is 3.20. The molecule has 3 N–H and O–H groups in total. The summed E-state index contributed by atoms with van der Waals surface area (Å²) in [5.41, 5.74) is 9.48. The molecule has 1 heterocycles. The van der Waals surface area contributed by atoms with Crippen LogP contribution in [0.5, 0.6) is 0 Å². The summed E-state index contributed by atoms with van der Waals surface area (Å²) in [6.07, 6.45) is 0. The number of nitrogens with zero attached hydrogens (tertiary/aromatic N) is 2.